The first-order valence-electron chi connectivity index (χ1n) is 15.9. The van der Waals surface area contributed by atoms with Crippen molar-refractivity contribution in [1.29, 1.82) is 5.41 Å². The predicted octanol–water partition coefficient (Wildman–Crippen LogP) is 4.15. The maximum Gasteiger partial charge on any atom is 0.357 e. The summed E-state index contributed by atoms with van der Waals surface area (Å²) in [5.74, 6) is -2.05. The third-order valence-electron chi connectivity index (χ3n) is 7.90. The molecule has 1 aromatic heterocycles. The summed E-state index contributed by atoms with van der Waals surface area (Å²) in [5.41, 5.74) is 13.2. The first kappa shape index (κ1) is 36.3. The van der Waals surface area contributed by atoms with Crippen LogP contribution in [0.4, 0.5) is 5.69 Å². The zero-order chi connectivity index (χ0) is 35.8. The molecule has 0 bridgehead atoms. The number of aromatic nitrogens is 1. The second-order valence-corrected chi connectivity index (χ2v) is 12.2. The maximum atomic E-state index is 13.8. The van der Waals surface area contributed by atoms with Gasteiger partial charge in [-0.2, -0.15) is 0 Å². The van der Waals surface area contributed by atoms with Crippen LogP contribution in [0.25, 0.3) is 17.2 Å². The summed E-state index contributed by atoms with van der Waals surface area (Å²) in [7, 11) is 1.46. The summed E-state index contributed by atoms with van der Waals surface area (Å²) < 4.78 is 16.5. The molecule has 13 nitrogen and oxygen atoms in total. The van der Waals surface area contributed by atoms with Crippen LogP contribution >= 0.6 is 0 Å². The number of nitrogen functional groups attached to an aromatic ring is 1. The van der Waals surface area contributed by atoms with Crippen molar-refractivity contribution in [1.82, 2.24) is 10.3 Å². The molecule has 0 saturated heterocycles. The molecule has 0 radical (unpaired) electrons. The molecule has 1 saturated carbocycles. The summed E-state index contributed by atoms with van der Waals surface area (Å²) in [6.07, 6.45) is 2.75. The Kier molecular flexibility index (Phi) is 11.9. The van der Waals surface area contributed by atoms with Crippen molar-refractivity contribution in [2.24, 2.45) is 23.3 Å². The lowest BCUT2D eigenvalue weighted by Crippen LogP contribution is -2.39. The van der Waals surface area contributed by atoms with Gasteiger partial charge in [-0.25, -0.2) is 9.78 Å². The smallest absolute Gasteiger partial charge is 0.357 e. The summed E-state index contributed by atoms with van der Waals surface area (Å²) in [6, 6.07) is 11.7. The van der Waals surface area contributed by atoms with Crippen LogP contribution < -0.4 is 26.8 Å². The minimum atomic E-state index is -0.916. The number of rotatable bonds is 15. The Morgan fingerprint density at radius 2 is 1.73 bits per heavy atom. The first-order valence-corrected chi connectivity index (χ1v) is 15.9. The largest absolute Gasteiger partial charge is 0.496 e. The molecule has 49 heavy (non-hydrogen) atoms. The highest BCUT2D eigenvalue weighted by Gasteiger charge is 2.27. The number of nitrogens with zero attached hydrogens (tertiary/aromatic N) is 1. The number of hydrogen-bond donors (Lipinski definition) is 5. The van der Waals surface area contributed by atoms with E-state index in [2.05, 4.69) is 22.2 Å². The lowest BCUT2D eigenvalue weighted by atomic mass is 9.94. The van der Waals surface area contributed by atoms with E-state index in [-0.39, 0.29) is 46.4 Å². The Morgan fingerprint density at radius 1 is 1.04 bits per heavy atom. The van der Waals surface area contributed by atoms with Gasteiger partial charge in [-0.05, 0) is 80.1 Å². The molecule has 258 valence electrons. The Morgan fingerprint density at radius 3 is 2.33 bits per heavy atom. The molecule has 0 spiro atoms. The van der Waals surface area contributed by atoms with E-state index in [1.807, 2.05) is 0 Å². The molecule has 2 aromatic carbocycles. The fourth-order valence-corrected chi connectivity index (χ4v) is 4.73. The Labute approximate surface area is 284 Å². The van der Waals surface area contributed by atoms with Crippen LogP contribution in [0.15, 0.2) is 55.1 Å². The molecule has 0 unspecified atom stereocenters. The van der Waals surface area contributed by atoms with Crippen molar-refractivity contribution in [2.75, 3.05) is 25.6 Å². The normalized spacial score (nSPS) is 13.5. The van der Waals surface area contributed by atoms with E-state index in [0.717, 1.165) is 12.8 Å². The lowest BCUT2D eigenvalue weighted by molar-refractivity contribution is -0.152. The molecule has 2 atom stereocenters. The van der Waals surface area contributed by atoms with Crippen LogP contribution in [0.3, 0.4) is 0 Å². The fraction of sp³-hybridized carbons (Fsp3) is 0.333. The number of esters is 2. The number of carbonyl (C=O) groups is 4. The maximum absolute atomic E-state index is 13.8. The van der Waals surface area contributed by atoms with E-state index in [1.54, 1.807) is 57.2 Å². The van der Waals surface area contributed by atoms with Crippen LogP contribution in [0.1, 0.15) is 76.1 Å². The van der Waals surface area contributed by atoms with Gasteiger partial charge in [0.1, 0.15) is 36.0 Å². The highest BCUT2D eigenvalue weighted by Crippen LogP contribution is 2.35. The number of hydrogen-bond acceptors (Lipinski definition) is 10. The first-order chi connectivity index (χ1) is 23.3. The van der Waals surface area contributed by atoms with Gasteiger partial charge >= 0.3 is 11.9 Å². The average Bonchev–Trinajstić information content (AvgIpc) is 3.93. The molecular weight excluding hydrogens is 628 g/mol. The van der Waals surface area contributed by atoms with E-state index in [1.165, 1.54) is 25.3 Å². The van der Waals surface area contributed by atoms with Crippen molar-refractivity contribution in [3.63, 3.8) is 0 Å². The van der Waals surface area contributed by atoms with E-state index in [4.69, 9.17) is 31.1 Å². The van der Waals surface area contributed by atoms with Gasteiger partial charge in [-0.1, -0.05) is 26.5 Å². The number of amides is 2. The number of methoxy groups -OCH3 is 1. The Balaban J connectivity index is 1.73. The zero-order valence-electron chi connectivity index (χ0n) is 28.0. The zero-order valence-corrected chi connectivity index (χ0v) is 28.0. The highest BCUT2D eigenvalue weighted by atomic mass is 16.6. The number of benzene rings is 2. The molecule has 3 aromatic rings. The van der Waals surface area contributed by atoms with Crippen molar-refractivity contribution >= 4 is 41.4 Å². The highest BCUT2D eigenvalue weighted by molar-refractivity contribution is 6.11. The lowest BCUT2D eigenvalue weighted by Gasteiger charge is -2.19. The van der Waals surface area contributed by atoms with E-state index >= 15 is 0 Å². The van der Waals surface area contributed by atoms with Crippen LogP contribution in [0.2, 0.25) is 0 Å². The topological polar surface area (TPSA) is 209 Å². The molecular formula is C36H42N6O7. The van der Waals surface area contributed by atoms with Gasteiger partial charge in [0.25, 0.3) is 11.8 Å². The van der Waals surface area contributed by atoms with Crippen molar-refractivity contribution in [3.8, 4) is 16.9 Å². The second-order valence-electron chi connectivity index (χ2n) is 12.2. The molecule has 13 heteroatoms. The van der Waals surface area contributed by atoms with E-state index < -0.39 is 35.9 Å². The number of nitrogens with two attached hydrogens (primary N) is 2. The molecule has 1 heterocycles. The van der Waals surface area contributed by atoms with Gasteiger partial charge < -0.3 is 36.3 Å². The molecule has 0 aliphatic heterocycles. The minimum absolute atomic E-state index is 0.0232. The predicted molar refractivity (Wildman–Crippen MR) is 185 cm³/mol. The number of nitrogens with one attached hydrogen (secondary N) is 3. The quantitative estimate of drug-likeness (QED) is 0.0886. The summed E-state index contributed by atoms with van der Waals surface area (Å²) in [5, 5.41) is 13.3. The van der Waals surface area contributed by atoms with Crippen molar-refractivity contribution in [3.05, 3.63) is 83.2 Å². The number of amidine groups is 1. The van der Waals surface area contributed by atoms with E-state index in [9.17, 15) is 19.2 Å². The molecule has 1 aliphatic rings. The summed E-state index contributed by atoms with van der Waals surface area (Å²) >= 11 is 0. The second kappa shape index (κ2) is 16.0. The SMILES string of the molecule is C=Cc1cc(C(=O)Nc2ccc(C(=N)N)cc2)c(-c2ccc(C(=O)NCC3CC3)nc2C(=O)OC[C@@H](C)OC(=O)[C@@H](N)C(C)C)cc1OC. The van der Waals surface area contributed by atoms with Gasteiger partial charge in [0, 0.05) is 40.0 Å². The number of carbonyl (C=O) groups excluding carboxylic acids is 4. The van der Waals surface area contributed by atoms with Gasteiger partial charge in [-0.15, -0.1) is 0 Å². The van der Waals surface area contributed by atoms with Gasteiger partial charge in [0.2, 0.25) is 0 Å². The molecule has 1 aliphatic carbocycles. The third-order valence-corrected chi connectivity index (χ3v) is 7.90. The van der Waals surface area contributed by atoms with Crippen LogP contribution in [0, 0.1) is 17.2 Å². The van der Waals surface area contributed by atoms with Crippen molar-refractivity contribution in [2.45, 2.75) is 45.8 Å². The third kappa shape index (κ3) is 9.29. The number of pyridine rings is 1. The average molecular weight is 671 g/mol. The standard InChI is InChI=1S/C36H42N6O7/c1-6-22-15-27(33(43)41-24-11-9-23(10-12-24)32(38)39)26(16-29(22)47-5)25-13-14-28(34(44)40-17-21-7-8-21)42-31(25)36(46)48-18-20(4)49-35(45)30(37)19(2)3/h6,9-16,19-21,30H,1,7-8,17-18,37H2,2-5H3,(H3,38,39)(H,40,44)(H,41,43)/t20-,30+/m1/s1. The fourth-order valence-electron chi connectivity index (χ4n) is 4.73. The van der Waals surface area contributed by atoms with E-state index in [0.29, 0.717) is 35.0 Å². The summed E-state index contributed by atoms with van der Waals surface area (Å²) in [6.45, 7) is 9.12. The molecule has 2 amide bonds. The molecule has 4 rings (SSSR count). The van der Waals surface area contributed by atoms with Gasteiger partial charge in [-0.3, -0.25) is 19.8 Å². The Bertz CT molecular complexity index is 1750. The van der Waals surface area contributed by atoms with Gasteiger partial charge in [0.15, 0.2) is 5.69 Å². The van der Waals surface area contributed by atoms with Crippen LogP contribution in [-0.2, 0) is 14.3 Å². The number of ether oxygens (including phenoxy) is 3. The van der Waals surface area contributed by atoms with Crippen LogP contribution in [-0.4, -0.2) is 67.0 Å². The minimum Gasteiger partial charge on any atom is -0.496 e. The molecule has 1 fully saturated rings. The Hall–Kier alpha value is -5.56. The monoisotopic (exact) mass is 670 g/mol. The molecule has 7 N–H and O–H groups in total. The van der Waals surface area contributed by atoms with Crippen molar-refractivity contribution < 1.29 is 33.4 Å². The van der Waals surface area contributed by atoms with Gasteiger partial charge in [0.05, 0.1) is 7.11 Å². The van der Waals surface area contributed by atoms with Crippen LogP contribution in [0.5, 0.6) is 5.75 Å². The number of anilines is 1. The summed E-state index contributed by atoms with van der Waals surface area (Å²) in [4.78, 5) is 57.3.